The van der Waals surface area contributed by atoms with Gasteiger partial charge < -0.3 is 14.7 Å². The average Bonchev–Trinajstić information content (AvgIpc) is 2.46. The van der Waals surface area contributed by atoms with Crippen molar-refractivity contribution in [2.75, 3.05) is 32.0 Å². The third-order valence-corrected chi connectivity index (χ3v) is 4.62. The van der Waals surface area contributed by atoms with Crippen molar-refractivity contribution in [3.8, 4) is 0 Å². The van der Waals surface area contributed by atoms with Gasteiger partial charge in [-0.3, -0.25) is 4.55 Å². The van der Waals surface area contributed by atoms with E-state index in [1.165, 1.54) is 6.92 Å². The molecule has 0 amide bonds. The highest BCUT2D eigenvalue weighted by molar-refractivity contribution is 7.85. The van der Waals surface area contributed by atoms with Gasteiger partial charge in [-0.15, -0.1) is 0 Å². The molecule has 0 saturated heterocycles. The summed E-state index contributed by atoms with van der Waals surface area (Å²) in [4.78, 5) is 13.4. The van der Waals surface area contributed by atoms with Gasteiger partial charge in [-0.2, -0.15) is 8.42 Å². The van der Waals surface area contributed by atoms with Crippen LogP contribution in [0.4, 0.5) is 0 Å². The van der Waals surface area contributed by atoms with Crippen molar-refractivity contribution in [1.82, 2.24) is 4.90 Å². The number of likely N-dealkylation sites (N-methyl/N-ethyl adjacent to an activating group) is 1. The van der Waals surface area contributed by atoms with Crippen LogP contribution in [0.3, 0.4) is 0 Å². The maximum atomic E-state index is 11.2. The van der Waals surface area contributed by atoms with Gasteiger partial charge in [0.25, 0.3) is 10.1 Å². The second-order valence-electron chi connectivity index (χ2n) is 5.38. The van der Waals surface area contributed by atoms with Crippen molar-refractivity contribution in [3.05, 3.63) is 11.1 Å². The monoisotopic (exact) mass is 351 g/mol. The smallest absolute Gasteiger partial charge is 0.331 e. The molecule has 0 aliphatic carbocycles. The van der Waals surface area contributed by atoms with E-state index in [9.17, 15) is 13.2 Å². The molecule has 0 saturated carbocycles. The predicted octanol–water partition coefficient (Wildman–Crippen LogP) is 1.80. The molecule has 0 radical (unpaired) electrons. The summed E-state index contributed by atoms with van der Waals surface area (Å²) >= 11 is 0. The van der Waals surface area contributed by atoms with Crippen LogP contribution in [0.25, 0.3) is 0 Å². The van der Waals surface area contributed by atoms with E-state index in [-0.39, 0.29) is 18.4 Å². The van der Waals surface area contributed by atoms with Crippen LogP contribution in [0.1, 0.15) is 40.5 Å². The highest BCUT2D eigenvalue weighted by Gasteiger charge is 2.18. The van der Waals surface area contributed by atoms with E-state index in [0.717, 1.165) is 19.6 Å². The van der Waals surface area contributed by atoms with Gasteiger partial charge in [0.05, 0.1) is 18.5 Å². The number of aliphatic carboxylic acids is 1. The van der Waals surface area contributed by atoms with E-state index < -0.39 is 27.9 Å². The first-order valence-corrected chi connectivity index (χ1v) is 9.45. The molecule has 0 rings (SSSR count). The molecular weight excluding hydrogens is 322 g/mol. The van der Waals surface area contributed by atoms with Crippen molar-refractivity contribution in [3.63, 3.8) is 0 Å². The van der Waals surface area contributed by atoms with Gasteiger partial charge in [-0.1, -0.05) is 13.8 Å². The molecule has 0 spiro atoms. The lowest BCUT2D eigenvalue weighted by Crippen LogP contribution is -2.29. The van der Waals surface area contributed by atoms with Crippen LogP contribution >= 0.6 is 0 Å². The van der Waals surface area contributed by atoms with Crippen LogP contribution in [-0.4, -0.2) is 67.0 Å². The SMILES string of the molecule is CCN(CC)CCOC(C)C(CCCS(=O)(=O)O)=C(C)C(=O)O. The summed E-state index contributed by atoms with van der Waals surface area (Å²) in [5.74, 6) is -1.44. The summed E-state index contributed by atoms with van der Waals surface area (Å²) in [7, 11) is -4.04. The number of rotatable bonds is 12. The van der Waals surface area contributed by atoms with E-state index >= 15 is 0 Å². The van der Waals surface area contributed by atoms with Crippen LogP contribution in [0, 0.1) is 0 Å². The Morgan fingerprint density at radius 3 is 2.26 bits per heavy atom. The molecule has 1 unspecified atom stereocenters. The maximum Gasteiger partial charge on any atom is 0.331 e. The molecule has 0 heterocycles. The maximum absolute atomic E-state index is 11.2. The number of hydrogen-bond donors (Lipinski definition) is 2. The number of carbonyl (C=O) groups is 1. The summed E-state index contributed by atoms with van der Waals surface area (Å²) in [5.41, 5.74) is 0.719. The summed E-state index contributed by atoms with van der Waals surface area (Å²) in [6.45, 7) is 10.4. The van der Waals surface area contributed by atoms with Crippen molar-refractivity contribution >= 4 is 16.1 Å². The Morgan fingerprint density at radius 2 is 1.83 bits per heavy atom. The molecule has 2 N–H and O–H groups in total. The Kier molecular flexibility index (Phi) is 10.3. The van der Waals surface area contributed by atoms with Gasteiger partial charge in [-0.25, -0.2) is 4.79 Å². The Balaban J connectivity index is 4.74. The Morgan fingerprint density at radius 1 is 1.26 bits per heavy atom. The van der Waals surface area contributed by atoms with Crippen molar-refractivity contribution in [1.29, 1.82) is 0 Å². The molecule has 23 heavy (non-hydrogen) atoms. The second-order valence-corrected chi connectivity index (χ2v) is 6.96. The van der Waals surface area contributed by atoms with E-state index in [1.807, 2.05) is 0 Å². The minimum absolute atomic E-state index is 0.155. The molecule has 7 nitrogen and oxygen atoms in total. The normalized spacial score (nSPS) is 14.7. The van der Waals surface area contributed by atoms with E-state index in [4.69, 9.17) is 14.4 Å². The van der Waals surface area contributed by atoms with Crippen molar-refractivity contribution in [2.45, 2.75) is 46.6 Å². The predicted molar refractivity (Wildman–Crippen MR) is 89.2 cm³/mol. The van der Waals surface area contributed by atoms with Crippen LogP contribution in [0.2, 0.25) is 0 Å². The Bertz CT molecular complexity index is 496. The molecule has 0 aromatic carbocycles. The lowest BCUT2D eigenvalue weighted by atomic mass is 10.00. The van der Waals surface area contributed by atoms with Crippen molar-refractivity contribution < 1.29 is 27.6 Å². The molecule has 0 aliphatic rings. The van der Waals surface area contributed by atoms with E-state index in [0.29, 0.717) is 12.2 Å². The topological polar surface area (TPSA) is 104 Å². The van der Waals surface area contributed by atoms with Gasteiger partial charge in [-0.05, 0) is 45.4 Å². The zero-order valence-corrected chi connectivity index (χ0v) is 15.2. The number of ether oxygens (including phenoxy) is 1. The van der Waals surface area contributed by atoms with Crippen molar-refractivity contribution in [2.24, 2.45) is 0 Å². The average molecular weight is 351 g/mol. The molecule has 8 heteroatoms. The molecule has 0 bridgehead atoms. The third kappa shape index (κ3) is 9.70. The van der Waals surface area contributed by atoms with E-state index in [2.05, 4.69) is 18.7 Å². The molecule has 0 aromatic rings. The summed E-state index contributed by atoms with van der Waals surface area (Å²) in [6, 6.07) is 0. The fraction of sp³-hybridized carbons (Fsp3) is 0.800. The van der Waals surface area contributed by atoms with Gasteiger partial charge >= 0.3 is 5.97 Å². The molecule has 1 atom stereocenters. The van der Waals surface area contributed by atoms with Crippen LogP contribution in [-0.2, 0) is 19.6 Å². The van der Waals surface area contributed by atoms with Crippen LogP contribution in [0.15, 0.2) is 11.1 Å². The first-order chi connectivity index (χ1) is 10.6. The van der Waals surface area contributed by atoms with Gasteiger partial charge in [0.2, 0.25) is 0 Å². The zero-order valence-electron chi connectivity index (χ0n) is 14.4. The van der Waals surface area contributed by atoms with Gasteiger partial charge in [0.15, 0.2) is 0 Å². The molecule has 0 aromatic heterocycles. The molecule has 0 aliphatic heterocycles. The zero-order chi connectivity index (χ0) is 18.0. The fourth-order valence-electron chi connectivity index (χ4n) is 2.28. The highest BCUT2D eigenvalue weighted by atomic mass is 32.2. The quantitative estimate of drug-likeness (QED) is 0.408. The molecule has 0 fully saturated rings. The number of carboxylic acid groups (broad SMARTS) is 1. The standard InChI is InChI=1S/C15H29NO6S/c1-5-16(6-2)9-10-22-13(4)14(12(3)15(17)18)8-7-11-23(19,20)21/h13H,5-11H2,1-4H3,(H,17,18)(H,19,20,21). The second kappa shape index (κ2) is 10.7. The first-order valence-electron chi connectivity index (χ1n) is 7.84. The Hall–Kier alpha value is -0.960. The van der Waals surface area contributed by atoms with Gasteiger partial charge in [0, 0.05) is 12.1 Å². The number of carboxylic acids is 1. The summed E-state index contributed by atoms with van der Waals surface area (Å²) in [6.07, 6.45) is -0.00422. The summed E-state index contributed by atoms with van der Waals surface area (Å²) < 4.78 is 36.1. The minimum atomic E-state index is -4.04. The molecule has 136 valence electrons. The highest BCUT2D eigenvalue weighted by Crippen LogP contribution is 2.19. The van der Waals surface area contributed by atoms with Crippen LogP contribution < -0.4 is 0 Å². The van der Waals surface area contributed by atoms with Gasteiger partial charge in [0.1, 0.15) is 0 Å². The minimum Gasteiger partial charge on any atom is -0.478 e. The fourth-order valence-corrected chi connectivity index (χ4v) is 2.79. The number of hydrogen-bond acceptors (Lipinski definition) is 5. The summed E-state index contributed by atoms with van der Waals surface area (Å²) in [5, 5.41) is 9.16. The first kappa shape index (κ1) is 22.0. The number of nitrogens with zero attached hydrogens (tertiary/aromatic N) is 1. The van der Waals surface area contributed by atoms with Crippen LogP contribution in [0.5, 0.6) is 0 Å². The molecular formula is C15H29NO6S. The van der Waals surface area contributed by atoms with E-state index in [1.54, 1.807) is 6.92 Å². The Labute approximate surface area is 139 Å². The third-order valence-electron chi connectivity index (χ3n) is 3.81. The lowest BCUT2D eigenvalue weighted by Gasteiger charge is -2.22. The lowest BCUT2D eigenvalue weighted by molar-refractivity contribution is -0.132. The largest absolute Gasteiger partial charge is 0.478 e.